The molecule has 0 saturated heterocycles. The van der Waals surface area contributed by atoms with E-state index >= 15 is 0 Å². The summed E-state index contributed by atoms with van der Waals surface area (Å²) in [7, 11) is -4.11. The number of benzene rings is 3. The van der Waals surface area contributed by atoms with Gasteiger partial charge in [-0.05, 0) is 67.3 Å². The smallest absolute Gasteiger partial charge is 0.264 e. The van der Waals surface area contributed by atoms with Gasteiger partial charge < -0.3 is 10.2 Å². The average molecular weight is 661 g/mol. The number of halogens is 2. The number of carbonyl (C=O) groups excluding carboxylic acids is 2. The zero-order valence-electron chi connectivity index (χ0n) is 23.0. The Kier molecular flexibility index (Phi) is 10.9. The SMILES string of the molecule is CC[C@@H](C(=O)NC1CCCCC1)N(Cc1ccccc1Cl)C(=O)CN(c1ccc(Br)cc1)S(=O)(=O)c1ccccc1. The second-order valence-electron chi connectivity index (χ2n) is 10.2. The first kappa shape index (κ1) is 31.1. The predicted molar refractivity (Wildman–Crippen MR) is 166 cm³/mol. The van der Waals surface area contributed by atoms with Crippen molar-refractivity contribution in [3.8, 4) is 0 Å². The van der Waals surface area contributed by atoms with E-state index in [0.29, 0.717) is 22.7 Å². The molecule has 0 spiro atoms. The number of amides is 2. The minimum atomic E-state index is -4.11. The molecule has 1 aliphatic rings. The van der Waals surface area contributed by atoms with Crippen molar-refractivity contribution in [1.82, 2.24) is 10.2 Å². The average Bonchev–Trinajstić information content (AvgIpc) is 2.98. The lowest BCUT2D eigenvalue weighted by Gasteiger charge is -2.34. The summed E-state index contributed by atoms with van der Waals surface area (Å²) in [5.41, 5.74) is 1.01. The van der Waals surface area contributed by atoms with Crippen molar-refractivity contribution in [3.05, 3.63) is 93.9 Å². The Morgan fingerprint density at radius 1 is 0.951 bits per heavy atom. The number of nitrogens with zero attached hydrogens (tertiary/aromatic N) is 2. The van der Waals surface area contributed by atoms with Gasteiger partial charge in [0.2, 0.25) is 11.8 Å². The van der Waals surface area contributed by atoms with Gasteiger partial charge in [-0.2, -0.15) is 0 Å². The van der Waals surface area contributed by atoms with E-state index in [9.17, 15) is 18.0 Å². The third-order valence-corrected chi connectivity index (χ3v) is 10.0. The molecule has 0 heterocycles. The fourth-order valence-corrected chi connectivity index (χ4v) is 7.02. The fourth-order valence-electron chi connectivity index (χ4n) is 5.13. The largest absolute Gasteiger partial charge is 0.352 e. The molecule has 1 N–H and O–H groups in total. The molecule has 0 aromatic heterocycles. The second-order valence-corrected chi connectivity index (χ2v) is 13.4. The van der Waals surface area contributed by atoms with Gasteiger partial charge in [0, 0.05) is 22.1 Å². The van der Waals surface area contributed by atoms with Crippen LogP contribution in [-0.2, 0) is 26.2 Å². The van der Waals surface area contributed by atoms with Crippen LogP contribution in [0, 0.1) is 0 Å². The van der Waals surface area contributed by atoms with Gasteiger partial charge in [0.25, 0.3) is 10.0 Å². The van der Waals surface area contributed by atoms with Crippen molar-refractivity contribution in [2.24, 2.45) is 0 Å². The number of anilines is 1. The number of hydrogen-bond donors (Lipinski definition) is 1. The van der Waals surface area contributed by atoms with Crippen LogP contribution in [0.5, 0.6) is 0 Å². The molecule has 1 aliphatic carbocycles. The summed E-state index contributed by atoms with van der Waals surface area (Å²) in [6, 6.07) is 21.2. The van der Waals surface area contributed by atoms with Gasteiger partial charge in [0.15, 0.2) is 0 Å². The Morgan fingerprint density at radius 3 is 2.22 bits per heavy atom. The fraction of sp³-hybridized carbons (Fsp3) is 0.355. The van der Waals surface area contributed by atoms with E-state index in [1.54, 1.807) is 54.6 Å². The molecule has 1 atom stereocenters. The van der Waals surface area contributed by atoms with Crippen LogP contribution in [0.1, 0.15) is 51.0 Å². The van der Waals surface area contributed by atoms with Gasteiger partial charge in [0.05, 0.1) is 10.6 Å². The van der Waals surface area contributed by atoms with E-state index in [0.717, 1.165) is 40.9 Å². The van der Waals surface area contributed by atoms with E-state index in [-0.39, 0.29) is 23.4 Å². The van der Waals surface area contributed by atoms with E-state index in [4.69, 9.17) is 11.6 Å². The molecule has 1 saturated carbocycles. The Hall–Kier alpha value is -2.88. The van der Waals surface area contributed by atoms with Crippen molar-refractivity contribution in [2.45, 2.75) is 69.0 Å². The molecule has 41 heavy (non-hydrogen) atoms. The summed E-state index contributed by atoms with van der Waals surface area (Å²) >= 11 is 9.87. The standard InChI is InChI=1S/C31H35BrClN3O4S/c1-2-29(31(38)34-25-12-5-3-6-13-25)35(21-23-11-9-10-16-28(23)33)30(37)22-36(26-19-17-24(32)18-20-26)41(39,40)27-14-7-4-8-15-27/h4,7-11,14-20,25,29H,2-3,5-6,12-13,21-22H2,1H3,(H,34,38)/t29-/m0/s1. The molecule has 0 aliphatic heterocycles. The molecule has 3 aromatic carbocycles. The van der Waals surface area contributed by atoms with E-state index in [1.165, 1.54) is 17.0 Å². The molecule has 4 rings (SSSR count). The van der Waals surface area contributed by atoms with Crippen LogP contribution in [0.2, 0.25) is 5.02 Å². The predicted octanol–water partition coefficient (Wildman–Crippen LogP) is 6.55. The molecule has 0 unspecified atom stereocenters. The van der Waals surface area contributed by atoms with Crippen LogP contribution >= 0.6 is 27.5 Å². The summed E-state index contributed by atoms with van der Waals surface area (Å²) in [6.45, 7) is 1.43. The van der Waals surface area contributed by atoms with Crippen LogP contribution in [0.25, 0.3) is 0 Å². The summed E-state index contributed by atoms with van der Waals surface area (Å²) < 4.78 is 29.6. The molecule has 2 amide bonds. The Morgan fingerprint density at radius 2 is 1.59 bits per heavy atom. The van der Waals surface area contributed by atoms with Gasteiger partial charge in [-0.1, -0.05) is 90.1 Å². The van der Waals surface area contributed by atoms with Gasteiger partial charge in [0.1, 0.15) is 12.6 Å². The maximum Gasteiger partial charge on any atom is 0.264 e. The molecule has 7 nitrogen and oxygen atoms in total. The monoisotopic (exact) mass is 659 g/mol. The topological polar surface area (TPSA) is 86.8 Å². The second kappa shape index (κ2) is 14.3. The highest BCUT2D eigenvalue weighted by Gasteiger charge is 2.34. The zero-order chi connectivity index (χ0) is 29.4. The van der Waals surface area contributed by atoms with Crippen LogP contribution < -0.4 is 9.62 Å². The molecule has 0 bridgehead atoms. The molecule has 218 valence electrons. The summed E-state index contributed by atoms with van der Waals surface area (Å²) in [5, 5.41) is 3.62. The summed E-state index contributed by atoms with van der Waals surface area (Å²) in [4.78, 5) is 29.3. The molecule has 1 fully saturated rings. The zero-order valence-corrected chi connectivity index (χ0v) is 26.2. The Labute approximate surface area is 256 Å². The summed E-state index contributed by atoms with van der Waals surface area (Å²) in [6.07, 6.45) is 5.45. The molecule has 0 radical (unpaired) electrons. The normalized spacial score (nSPS) is 14.7. The lowest BCUT2D eigenvalue weighted by atomic mass is 9.95. The molecule has 10 heteroatoms. The van der Waals surface area contributed by atoms with Crippen molar-refractivity contribution < 1.29 is 18.0 Å². The quantitative estimate of drug-likeness (QED) is 0.253. The third-order valence-electron chi connectivity index (χ3n) is 7.36. The lowest BCUT2D eigenvalue weighted by Crippen LogP contribution is -2.54. The highest BCUT2D eigenvalue weighted by Crippen LogP contribution is 2.27. The number of hydrogen-bond acceptors (Lipinski definition) is 4. The van der Waals surface area contributed by atoms with Gasteiger partial charge >= 0.3 is 0 Å². The minimum Gasteiger partial charge on any atom is -0.352 e. The van der Waals surface area contributed by atoms with Crippen LogP contribution in [0.3, 0.4) is 0 Å². The Balaban J connectivity index is 1.70. The van der Waals surface area contributed by atoms with Crippen molar-refractivity contribution in [1.29, 1.82) is 0 Å². The molecule has 3 aromatic rings. The number of sulfonamides is 1. The van der Waals surface area contributed by atoms with Crippen LogP contribution in [-0.4, -0.2) is 43.8 Å². The van der Waals surface area contributed by atoms with Gasteiger partial charge in [-0.3, -0.25) is 13.9 Å². The number of rotatable bonds is 11. The highest BCUT2D eigenvalue weighted by atomic mass is 79.9. The van der Waals surface area contributed by atoms with E-state index < -0.39 is 28.5 Å². The molecular formula is C31H35BrClN3O4S. The van der Waals surface area contributed by atoms with Crippen molar-refractivity contribution >= 4 is 55.1 Å². The first-order valence-electron chi connectivity index (χ1n) is 13.9. The lowest BCUT2D eigenvalue weighted by molar-refractivity contribution is -0.140. The Bertz CT molecular complexity index is 1430. The molecular weight excluding hydrogens is 626 g/mol. The summed E-state index contributed by atoms with van der Waals surface area (Å²) in [5.74, 6) is -0.737. The highest BCUT2D eigenvalue weighted by molar-refractivity contribution is 9.10. The van der Waals surface area contributed by atoms with Crippen LogP contribution in [0.4, 0.5) is 5.69 Å². The van der Waals surface area contributed by atoms with Gasteiger partial charge in [-0.25, -0.2) is 8.42 Å². The van der Waals surface area contributed by atoms with Crippen LogP contribution in [0.15, 0.2) is 88.2 Å². The third kappa shape index (κ3) is 7.90. The number of carbonyl (C=O) groups is 2. The van der Waals surface area contributed by atoms with Crippen molar-refractivity contribution in [3.63, 3.8) is 0 Å². The maximum atomic E-state index is 14.2. The van der Waals surface area contributed by atoms with E-state index in [1.807, 2.05) is 19.1 Å². The van der Waals surface area contributed by atoms with Gasteiger partial charge in [-0.15, -0.1) is 0 Å². The van der Waals surface area contributed by atoms with Crippen molar-refractivity contribution in [2.75, 3.05) is 10.8 Å². The first-order chi connectivity index (χ1) is 19.7. The van der Waals surface area contributed by atoms with E-state index in [2.05, 4.69) is 21.2 Å². The first-order valence-corrected chi connectivity index (χ1v) is 16.5. The number of nitrogens with one attached hydrogen (secondary N) is 1. The minimum absolute atomic E-state index is 0.0641. The maximum absolute atomic E-state index is 14.2.